The molecular weight excluding hydrogens is 261 g/mol. The van der Waals surface area contributed by atoms with E-state index in [0.717, 1.165) is 5.69 Å². The van der Waals surface area contributed by atoms with E-state index in [2.05, 4.69) is 0 Å². The van der Waals surface area contributed by atoms with Crippen LogP contribution in [0.3, 0.4) is 0 Å². The molecule has 0 heterocycles. The number of carbonyl (C=O) groups excluding carboxylic acids is 2. The average molecular weight is 276 g/mol. The Balaban J connectivity index is 0.000000318. The van der Waals surface area contributed by atoms with Crippen molar-refractivity contribution in [2.24, 2.45) is 5.92 Å². The first-order valence-electron chi connectivity index (χ1n) is 5.15. The summed E-state index contributed by atoms with van der Waals surface area (Å²) in [6.45, 7) is 1.78. The van der Waals surface area contributed by atoms with Crippen LogP contribution in [-0.2, 0) is 9.59 Å². The summed E-state index contributed by atoms with van der Waals surface area (Å²) < 4.78 is 0. The Morgan fingerprint density at radius 2 is 1.76 bits per heavy atom. The molecule has 0 saturated heterocycles. The Morgan fingerprint density at radius 1 is 1.24 bits per heavy atom. The molecule has 1 atom stereocenters. The first-order chi connectivity index (χ1) is 7.97. The second-order valence-electron chi connectivity index (χ2n) is 3.38. The third-order valence-electron chi connectivity index (χ3n) is 2.02. The summed E-state index contributed by atoms with van der Waals surface area (Å²) in [5.74, 6) is -0.410. The molecule has 0 aliphatic rings. The zero-order valence-electron chi connectivity index (χ0n) is 9.53. The number of rotatable bonds is 4. The number of hydrogen-bond acceptors (Lipinski definition) is 3. The number of benzene rings is 1. The van der Waals surface area contributed by atoms with Crippen molar-refractivity contribution in [2.45, 2.75) is 19.8 Å². The number of anilines is 1. The predicted molar refractivity (Wildman–Crippen MR) is 71.0 cm³/mol. The fourth-order valence-corrected chi connectivity index (χ4v) is 1.45. The normalized spacial score (nSPS) is 11.0. The van der Waals surface area contributed by atoms with Gasteiger partial charge in [0.15, 0.2) is 0 Å². The third kappa shape index (κ3) is 8.72. The van der Waals surface area contributed by atoms with E-state index in [0.29, 0.717) is 6.42 Å². The minimum Gasteiger partial charge on any atom is -0.399 e. The molecule has 1 aromatic rings. The number of nitrogen functional groups attached to an aromatic ring is 1. The van der Waals surface area contributed by atoms with Crippen molar-refractivity contribution >= 4 is 39.4 Å². The molecule has 94 valence electrons. The van der Waals surface area contributed by atoms with Gasteiger partial charge in [0.2, 0.25) is 10.5 Å². The lowest BCUT2D eigenvalue weighted by molar-refractivity contribution is -0.119. The summed E-state index contributed by atoms with van der Waals surface area (Å²) in [5, 5.41) is -1.00. The summed E-state index contributed by atoms with van der Waals surface area (Å²) in [6.07, 6.45) is 0.598. The summed E-state index contributed by atoms with van der Waals surface area (Å²) in [6, 6.07) is 9.49. The maximum atomic E-state index is 10.5. The first kappa shape index (κ1) is 15.9. The highest BCUT2D eigenvalue weighted by atomic mass is 35.5. The van der Waals surface area contributed by atoms with E-state index >= 15 is 0 Å². The molecule has 17 heavy (non-hydrogen) atoms. The fourth-order valence-electron chi connectivity index (χ4n) is 1.03. The van der Waals surface area contributed by atoms with Gasteiger partial charge in [-0.2, -0.15) is 0 Å². The molecule has 0 radical (unpaired) electrons. The van der Waals surface area contributed by atoms with Crippen molar-refractivity contribution in [3.05, 3.63) is 30.3 Å². The van der Waals surface area contributed by atoms with E-state index in [1.165, 1.54) is 0 Å². The Bertz CT molecular complexity index is 355. The Labute approximate surface area is 111 Å². The quantitative estimate of drug-likeness (QED) is 0.678. The summed E-state index contributed by atoms with van der Waals surface area (Å²) in [5.41, 5.74) is 6.18. The number of para-hydroxylation sites is 1. The lowest BCUT2D eigenvalue weighted by Crippen LogP contribution is -2.10. The van der Waals surface area contributed by atoms with Gasteiger partial charge in [-0.3, -0.25) is 9.59 Å². The van der Waals surface area contributed by atoms with Gasteiger partial charge in [0.05, 0.1) is 0 Å². The van der Waals surface area contributed by atoms with E-state index in [-0.39, 0.29) is 6.42 Å². The highest BCUT2D eigenvalue weighted by Gasteiger charge is 2.16. The monoisotopic (exact) mass is 275 g/mol. The molecule has 0 aromatic heterocycles. The SMILES string of the molecule is CCC(CC(=O)Cl)C(=O)Cl.Nc1ccccc1. The van der Waals surface area contributed by atoms with E-state index in [1.807, 2.05) is 30.3 Å². The van der Waals surface area contributed by atoms with Gasteiger partial charge < -0.3 is 5.73 Å². The van der Waals surface area contributed by atoms with Crippen LogP contribution >= 0.6 is 23.2 Å². The largest absolute Gasteiger partial charge is 0.399 e. The standard InChI is InChI=1S/C6H8Cl2O2.C6H7N/c1-2-4(6(8)10)3-5(7)9;7-6-4-2-1-3-5-6/h4H,2-3H2,1H3;1-5H,7H2. The molecule has 2 N–H and O–H groups in total. The number of halogens is 2. The first-order valence-corrected chi connectivity index (χ1v) is 5.91. The van der Waals surface area contributed by atoms with Crippen LogP contribution in [0.1, 0.15) is 19.8 Å². The van der Waals surface area contributed by atoms with Crippen LogP contribution in [-0.4, -0.2) is 10.5 Å². The van der Waals surface area contributed by atoms with Gasteiger partial charge in [0.25, 0.3) is 0 Å². The van der Waals surface area contributed by atoms with Crippen molar-refractivity contribution < 1.29 is 9.59 Å². The summed E-state index contributed by atoms with van der Waals surface area (Å²) in [4.78, 5) is 20.7. The number of carbonyl (C=O) groups is 2. The van der Waals surface area contributed by atoms with E-state index in [4.69, 9.17) is 28.9 Å². The number of nitrogens with two attached hydrogens (primary N) is 1. The maximum absolute atomic E-state index is 10.5. The topological polar surface area (TPSA) is 60.2 Å². The van der Waals surface area contributed by atoms with Gasteiger partial charge in [-0.25, -0.2) is 0 Å². The molecular formula is C12H15Cl2NO2. The molecule has 1 aromatic carbocycles. The molecule has 0 aliphatic carbocycles. The van der Waals surface area contributed by atoms with Crippen molar-refractivity contribution in [2.75, 3.05) is 5.73 Å². The molecule has 0 spiro atoms. The Kier molecular flexibility index (Phi) is 8.46. The zero-order valence-corrected chi connectivity index (χ0v) is 11.0. The second kappa shape index (κ2) is 9.02. The minimum atomic E-state index is -0.513. The van der Waals surface area contributed by atoms with Crippen LogP contribution in [0.15, 0.2) is 30.3 Å². The van der Waals surface area contributed by atoms with Crippen LogP contribution in [0, 0.1) is 5.92 Å². The van der Waals surface area contributed by atoms with Gasteiger partial charge in [0, 0.05) is 18.0 Å². The van der Waals surface area contributed by atoms with Crippen LogP contribution in [0.5, 0.6) is 0 Å². The zero-order chi connectivity index (χ0) is 13.3. The lowest BCUT2D eigenvalue weighted by Gasteiger charge is -2.03. The molecule has 0 amide bonds. The van der Waals surface area contributed by atoms with Gasteiger partial charge in [0.1, 0.15) is 0 Å². The fraction of sp³-hybridized carbons (Fsp3) is 0.333. The van der Waals surface area contributed by atoms with Crippen LogP contribution < -0.4 is 5.73 Å². The predicted octanol–water partition coefficient (Wildman–Crippen LogP) is 3.20. The van der Waals surface area contributed by atoms with Gasteiger partial charge in [-0.1, -0.05) is 25.1 Å². The maximum Gasteiger partial charge on any atom is 0.225 e. The van der Waals surface area contributed by atoms with Crippen LogP contribution in [0.25, 0.3) is 0 Å². The molecule has 0 aliphatic heterocycles. The highest BCUT2D eigenvalue weighted by molar-refractivity contribution is 6.66. The summed E-state index contributed by atoms with van der Waals surface area (Å²) >= 11 is 10.2. The lowest BCUT2D eigenvalue weighted by atomic mass is 10.1. The van der Waals surface area contributed by atoms with Gasteiger partial charge in [-0.05, 0) is 41.8 Å². The minimum absolute atomic E-state index is 0.0421. The Hall–Kier alpha value is -1.06. The third-order valence-corrected chi connectivity index (χ3v) is 2.48. The van der Waals surface area contributed by atoms with Crippen molar-refractivity contribution in [1.82, 2.24) is 0 Å². The average Bonchev–Trinajstić information content (AvgIpc) is 2.27. The van der Waals surface area contributed by atoms with E-state index in [1.54, 1.807) is 6.92 Å². The van der Waals surface area contributed by atoms with Crippen LogP contribution in [0.4, 0.5) is 5.69 Å². The molecule has 3 nitrogen and oxygen atoms in total. The molecule has 1 rings (SSSR count). The second-order valence-corrected chi connectivity index (χ2v) is 4.17. The van der Waals surface area contributed by atoms with Crippen molar-refractivity contribution in [3.8, 4) is 0 Å². The smallest absolute Gasteiger partial charge is 0.225 e. The van der Waals surface area contributed by atoms with Gasteiger partial charge in [-0.15, -0.1) is 0 Å². The molecule has 1 unspecified atom stereocenters. The highest BCUT2D eigenvalue weighted by Crippen LogP contribution is 2.13. The molecule has 0 fully saturated rings. The van der Waals surface area contributed by atoms with E-state index in [9.17, 15) is 9.59 Å². The van der Waals surface area contributed by atoms with Crippen LogP contribution in [0.2, 0.25) is 0 Å². The van der Waals surface area contributed by atoms with Crippen molar-refractivity contribution in [3.63, 3.8) is 0 Å². The Morgan fingerprint density at radius 3 is 1.94 bits per heavy atom. The van der Waals surface area contributed by atoms with E-state index < -0.39 is 16.4 Å². The summed E-state index contributed by atoms with van der Waals surface area (Å²) in [7, 11) is 0. The molecule has 5 heteroatoms. The number of hydrogen-bond donors (Lipinski definition) is 1. The molecule has 0 bridgehead atoms. The molecule has 0 saturated carbocycles. The van der Waals surface area contributed by atoms with Crippen molar-refractivity contribution in [1.29, 1.82) is 0 Å². The van der Waals surface area contributed by atoms with Gasteiger partial charge >= 0.3 is 0 Å².